The van der Waals surface area contributed by atoms with Crippen LogP contribution in [0.25, 0.3) is 11.6 Å². The molecule has 0 spiro atoms. The second-order valence-corrected chi connectivity index (χ2v) is 4.94. The van der Waals surface area contributed by atoms with Crippen molar-refractivity contribution in [1.82, 2.24) is 25.3 Å². The van der Waals surface area contributed by atoms with Gasteiger partial charge in [0.05, 0.1) is 12.6 Å². The largest absolute Gasteiger partial charge is 0.491 e. The Morgan fingerprint density at radius 2 is 2.36 bits per heavy atom. The van der Waals surface area contributed by atoms with Crippen molar-refractivity contribution in [3.05, 3.63) is 24.2 Å². The fourth-order valence-electron chi connectivity index (χ4n) is 2.38. The topological polar surface area (TPSA) is 76.3 Å². The van der Waals surface area contributed by atoms with Gasteiger partial charge in [-0.1, -0.05) is 5.16 Å². The van der Waals surface area contributed by atoms with E-state index in [2.05, 4.69) is 32.4 Å². The maximum absolute atomic E-state index is 5.55. The van der Waals surface area contributed by atoms with Crippen LogP contribution in [0.1, 0.15) is 18.8 Å². The van der Waals surface area contributed by atoms with Crippen LogP contribution >= 0.6 is 12.4 Å². The molecular weight excluding hydrogens is 306 g/mol. The number of pyridine rings is 1. The smallest absolute Gasteiger partial charge is 0.280 e. The minimum Gasteiger partial charge on any atom is -0.491 e. The van der Waals surface area contributed by atoms with Crippen LogP contribution < -0.4 is 10.1 Å². The van der Waals surface area contributed by atoms with Crippen LogP contribution in [0.2, 0.25) is 0 Å². The van der Waals surface area contributed by atoms with Gasteiger partial charge in [-0.15, -0.1) is 12.4 Å². The Bertz CT molecular complexity index is 606. The molecule has 7 nitrogen and oxygen atoms in total. The molecule has 3 heterocycles. The third-order valence-electron chi connectivity index (χ3n) is 3.52. The molecule has 0 saturated carbocycles. The Hall–Kier alpha value is -1.70. The summed E-state index contributed by atoms with van der Waals surface area (Å²) in [6, 6.07) is 3.80. The third kappa shape index (κ3) is 3.37. The average molecular weight is 326 g/mol. The molecule has 0 amide bonds. The van der Waals surface area contributed by atoms with E-state index in [-0.39, 0.29) is 18.4 Å². The molecule has 2 aromatic rings. The zero-order valence-corrected chi connectivity index (χ0v) is 13.5. The number of hydrogen-bond donors (Lipinski definition) is 1. The maximum Gasteiger partial charge on any atom is 0.280 e. The molecule has 1 N–H and O–H groups in total. The quantitative estimate of drug-likeness (QED) is 0.913. The molecule has 0 aromatic carbocycles. The van der Waals surface area contributed by atoms with Crippen molar-refractivity contribution in [3.8, 4) is 17.3 Å². The van der Waals surface area contributed by atoms with Gasteiger partial charge in [0.15, 0.2) is 17.3 Å². The normalized spacial score (nSPS) is 18.7. The summed E-state index contributed by atoms with van der Waals surface area (Å²) < 4.78 is 10.9. The molecule has 1 fully saturated rings. The van der Waals surface area contributed by atoms with Crippen LogP contribution in [0.3, 0.4) is 0 Å². The Kier molecular flexibility index (Phi) is 5.70. The standard InChI is InChI=1S/C14H19N5O2.ClH/c1-3-20-11-5-4-6-16-12(11)14-17-13(18-21-14)10-9-15-7-8-19(10)2;/h4-6,10,15H,3,7-9H2,1-2H3;1H. The van der Waals surface area contributed by atoms with E-state index in [0.29, 0.717) is 29.8 Å². The predicted molar refractivity (Wildman–Crippen MR) is 84.2 cm³/mol. The van der Waals surface area contributed by atoms with Crippen molar-refractivity contribution in [3.63, 3.8) is 0 Å². The molecule has 1 unspecified atom stereocenters. The van der Waals surface area contributed by atoms with E-state index in [0.717, 1.165) is 19.6 Å². The van der Waals surface area contributed by atoms with Gasteiger partial charge in [-0.05, 0) is 26.1 Å². The summed E-state index contributed by atoms with van der Waals surface area (Å²) in [5.41, 5.74) is 0.588. The number of hydrogen-bond acceptors (Lipinski definition) is 7. The van der Waals surface area contributed by atoms with Crippen molar-refractivity contribution < 1.29 is 9.26 Å². The van der Waals surface area contributed by atoms with E-state index in [9.17, 15) is 0 Å². The second kappa shape index (κ2) is 7.53. The number of halogens is 1. The predicted octanol–water partition coefficient (Wildman–Crippen LogP) is 1.53. The van der Waals surface area contributed by atoms with Crippen molar-refractivity contribution in [2.24, 2.45) is 0 Å². The maximum atomic E-state index is 5.55. The highest BCUT2D eigenvalue weighted by Gasteiger charge is 2.26. The number of aromatic nitrogens is 3. The molecule has 1 aliphatic rings. The lowest BCUT2D eigenvalue weighted by molar-refractivity contribution is 0.190. The molecule has 1 atom stereocenters. The average Bonchev–Trinajstić information content (AvgIpc) is 2.98. The van der Waals surface area contributed by atoms with Crippen molar-refractivity contribution in [2.45, 2.75) is 13.0 Å². The van der Waals surface area contributed by atoms with Crippen LogP contribution in [-0.2, 0) is 0 Å². The summed E-state index contributed by atoms with van der Waals surface area (Å²) >= 11 is 0. The fraction of sp³-hybridized carbons (Fsp3) is 0.500. The van der Waals surface area contributed by atoms with Gasteiger partial charge in [-0.3, -0.25) is 4.90 Å². The first-order valence-corrected chi connectivity index (χ1v) is 7.12. The lowest BCUT2D eigenvalue weighted by atomic mass is 10.2. The van der Waals surface area contributed by atoms with E-state index < -0.39 is 0 Å². The summed E-state index contributed by atoms with van der Waals surface area (Å²) in [5.74, 6) is 1.73. The highest BCUT2D eigenvalue weighted by atomic mass is 35.5. The number of likely N-dealkylation sites (N-methyl/N-ethyl adjacent to an activating group) is 1. The molecule has 1 aliphatic heterocycles. The molecule has 0 bridgehead atoms. The van der Waals surface area contributed by atoms with Gasteiger partial charge in [-0.25, -0.2) is 4.98 Å². The van der Waals surface area contributed by atoms with E-state index in [1.165, 1.54) is 0 Å². The molecule has 120 valence electrons. The highest BCUT2D eigenvalue weighted by molar-refractivity contribution is 5.85. The first-order valence-electron chi connectivity index (χ1n) is 7.12. The Labute approximate surface area is 135 Å². The lowest BCUT2D eigenvalue weighted by Crippen LogP contribution is -2.44. The summed E-state index contributed by atoms with van der Waals surface area (Å²) in [5, 5.41) is 7.45. The van der Waals surface area contributed by atoms with Gasteiger partial charge in [0.2, 0.25) is 0 Å². The minimum atomic E-state index is 0. The van der Waals surface area contributed by atoms with Gasteiger partial charge in [0.25, 0.3) is 5.89 Å². The number of piperazine rings is 1. The van der Waals surface area contributed by atoms with E-state index in [4.69, 9.17) is 9.26 Å². The van der Waals surface area contributed by atoms with Crippen LogP contribution in [0.15, 0.2) is 22.9 Å². The molecule has 0 aliphatic carbocycles. The number of ether oxygens (including phenoxy) is 1. The molecule has 1 saturated heterocycles. The van der Waals surface area contributed by atoms with Crippen molar-refractivity contribution in [1.29, 1.82) is 0 Å². The summed E-state index contributed by atoms with van der Waals surface area (Å²) in [6.45, 7) is 5.25. The zero-order chi connectivity index (χ0) is 14.7. The van der Waals surface area contributed by atoms with E-state index >= 15 is 0 Å². The van der Waals surface area contributed by atoms with E-state index in [1.807, 2.05) is 19.1 Å². The van der Waals surface area contributed by atoms with Gasteiger partial charge < -0.3 is 14.6 Å². The molecule has 3 rings (SSSR count). The summed E-state index contributed by atoms with van der Waals surface area (Å²) in [6.07, 6.45) is 1.69. The van der Waals surface area contributed by atoms with Gasteiger partial charge in [0.1, 0.15) is 0 Å². The molecule has 22 heavy (non-hydrogen) atoms. The molecular formula is C14H20ClN5O2. The minimum absolute atomic E-state index is 0. The number of nitrogens with zero attached hydrogens (tertiary/aromatic N) is 4. The fourth-order valence-corrected chi connectivity index (χ4v) is 2.38. The van der Waals surface area contributed by atoms with Crippen molar-refractivity contribution in [2.75, 3.05) is 33.3 Å². The zero-order valence-electron chi connectivity index (χ0n) is 12.7. The molecule has 2 aromatic heterocycles. The third-order valence-corrected chi connectivity index (χ3v) is 3.52. The lowest BCUT2D eigenvalue weighted by Gasteiger charge is -2.30. The second-order valence-electron chi connectivity index (χ2n) is 4.94. The Balaban J connectivity index is 0.00000176. The number of nitrogens with one attached hydrogen (secondary N) is 1. The Morgan fingerprint density at radius 1 is 1.50 bits per heavy atom. The first-order chi connectivity index (χ1) is 10.3. The first kappa shape index (κ1) is 16.7. The Morgan fingerprint density at radius 3 is 3.14 bits per heavy atom. The van der Waals surface area contributed by atoms with E-state index in [1.54, 1.807) is 6.20 Å². The van der Waals surface area contributed by atoms with Gasteiger partial charge in [-0.2, -0.15) is 4.98 Å². The van der Waals surface area contributed by atoms with Crippen LogP contribution in [0, 0.1) is 0 Å². The summed E-state index contributed by atoms with van der Waals surface area (Å²) in [4.78, 5) is 11.0. The number of rotatable bonds is 4. The summed E-state index contributed by atoms with van der Waals surface area (Å²) in [7, 11) is 2.06. The van der Waals surface area contributed by atoms with Crippen molar-refractivity contribution >= 4 is 12.4 Å². The van der Waals surface area contributed by atoms with Gasteiger partial charge >= 0.3 is 0 Å². The molecule has 8 heteroatoms. The van der Waals surface area contributed by atoms with Crippen LogP contribution in [0.4, 0.5) is 0 Å². The van der Waals surface area contributed by atoms with Gasteiger partial charge in [0, 0.05) is 25.8 Å². The monoisotopic (exact) mass is 325 g/mol. The SMILES string of the molecule is CCOc1cccnc1-c1nc(C2CNCCN2C)no1.Cl. The molecule has 0 radical (unpaired) electrons. The highest BCUT2D eigenvalue weighted by Crippen LogP contribution is 2.27. The van der Waals surface area contributed by atoms with Crippen LogP contribution in [0.5, 0.6) is 5.75 Å². The van der Waals surface area contributed by atoms with Crippen LogP contribution in [-0.4, -0.2) is 53.3 Å².